The zero-order valence-corrected chi connectivity index (χ0v) is 20.2. The average Bonchev–Trinajstić information content (AvgIpc) is 3.24. The van der Waals surface area contributed by atoms with Crippen LogP contribution in [0.3, 0.4) is 0 Å². The van der Waals surface area contributed by atoms with Crippen molar-refractivity contribution >= 4 is 29.5 Å². The molecule has 182 valence electrons. The second-order valence-electron chi connectivity index (χ2n) is 7.72. The highest BCUT2D eigenvalue weighted by molar-refractivity contribution is 7.99. The van der Waals surface area contributed by atoms with Gasteiger partial charge in [-0.25, -0.2) is 4.68 Å². The van der Waals surface area contributed by atoms with E-state index in [1.165, 1.54) is 18.9 Å². The van der Waals surface area contributed by atoms with E-state index in [0.29, 0.717) is 60.2 Å². The van der Waals surface area contributed by atoms with E-state index in [4.69, 9.17) is 19.9 Å². The van der Waals surface area contributed by atoms with Gasteiger partial charge in [0.15, 0.2) is 18.1 Å². The summed E-state index contributed by atoms with van der Waals surface area (Å²) in [4.78, 5) is 31.1. The molecule has 34 heavy (non-hydrogen) atoms. The van der Waals surface area contributed by atoms with Crippen LogP contribution < -0.4 is 20.5 Å². The number of anilines is 1. The fourth-order valence-corrected chi connectivity index (χ4v) is 4.52. The van der Waals surface area contributed by atoms with Crippen molar-refractivity contribution in [3.05, 3.63) is 35.0 Å². The van der Waals surface area contributed by atoms with Crippen molar-refractivity contribution in [3.63, 3.8) is 0 Å². The predicted molar refractivity (Wildman–Crippen MR) is 126 cm³/mol. The van der Waals surface area contributed by atoms with E-state index in [-0.39, 0.29) is 12.5 Å². The lowest BCUT2D eigenvalue weighted by atomic mass is 9.95. The maximum absolute atomic E-state index is 12.5. The quantitative estimate of drug-likeness (QED) is 0.529. The van der Waals surface area contributed by atoms with E-state index in [9.17, 15) is 9.59 Å². The summed E-state index contributed by atoms with van der Waals surface area (Å²) in [5, 5.41) is 8.31. The van der Waals surface area contributed by atoms with E-state index in [1.807, 2.05) is 6.92 Å². The molecule has 3 N–H and O–H groups in total. The van der Waals surface area contributed by atoms with Crippen LogP contribution in [-0.4, -0.2) is 77.3 Å². The fourth-order valence-electron chi connectivity index (χ4n) is 3.97. The Hall–Kier alpha value is -3.25. The molecule has 0 aliphatic carbocycles. The third-order valence-corrected chi connectivity index (χ3v) is 6.31. The summed E-state index contributed by atoms with van der Waals surface area (Å²) in [5.74, 6) is 1.51. The Labute approximate surface area is 201 Å². The largest absolute Gasteiger partial charge is 0.493 e. The Balaban J connectivity index is 1.62. The molecule has 2 aliphatic rings. The number of hydrogen-bond donors (Lipinski definition) is 2. The highest BCUT2D eigenvalue weighted by Crippen LogP contribution is 2.39. The Kier molecular flexibility index (Phi) is 7.27. The molecule has 1 aromatic heterocycles. The first-order valence-corrected chi connectivity index (χ1v) is 11.9. The Bertz CT molecular complexity index is 1110. The molecule has 0 saturated carbocycles. The van der Waals surface area contributed by atoms with E-state index in [1.54, 1.807) is 34.7 Å². The average molecular weight is 489 g/mol. The van der Waals surface area contributed by atoms with Crippen molar-refractivity contribution in [1.82, 2.24) is 19.7 Å². The zero-order valence-electron chi connectivity index (χ0n) is 19.4. The third-order valence-electron chi connectivity index (χ3n) is 5.59. The Morgan fingerprint density at radius 3 is 2.74 bits per heavy atom. The van der Waals surface area contributed by atoms with Gasteiger partial charge in [0.2, 0.25) is 17.0 Å². The van der Waals surface area contributed by atoms with E-state index >= 15 is 0 Å². The number of nitrogens with one attached hydrogen (secondary N) is 1. The van der Waals surface area contributed by atoms with Crippen molar-refractivity contribution in [2.24, 2.45) is 5.73 Å². The molecule has 2 aromatic rings. The van der Waals surface area contributed by atoms with Crippen LogP contribution in [0.4, 0.5) is 5.95 Å². The molecule has 0 spiro atoms. The molecule has 4 rings (SSSR count). The first-order chi connectivity index (χ1) is 16.4. The number of thioether (sulfide) groups is 1. The van der Waals surface area contributed by atoms with Gasteiger partial charge in [0.25, 0.3) is 5.91 Å². The number of ether oxygens (including phenoxy) is 3. The molecular weight excluding hydrogens is 460 g/mol. The van der Waals surface area contributed by atoms with Gasteiger partial charge in [-0.05, 0) is 30.4 Å². The SMILES string of the molecule is CCSc1nc2n(n1)C(c1ccc(OCC(=O)N3CCOCC3)c(OC)c1)C(C(N)=O)=C(C)N2. The predicted octanol–water partition coefficient (Wildman–Crippen LogP) is 1.41. The minimum absolute atomic E-state index is 0.112. The number of aromatic nitrogens is 3. The number of methoxy groups -OCH3 is 1. The number of nitrogens with zero attached hydrogens (tertiary/aromatic N) is 4. The smallest absolute Gasteiger partial charge is 0.260 e. The number of nitrogens with two attached hydrogens (primary N) is 1. The lowest BCUT2D eigenvalue weighted by Crippen LogP contribution is -2.43. The van der Waals surface area contributed by atoms with Gasteiger partial charge in [-0.3, -0.25) is 9.59 Å². The second kappa shape index (κ2) is 10.3. The second-order valence-corrected chi connectivity index (χ2v) is 8.95. The van der Waals surface area contributed by atoms with Gasteiger partial charge in [-0.2, -0.15) is 4.98 Å². The minimum Gasteiger partial charge on any atom is -0.493 e. The minimum atomic E-state index is -0.592. The van der Waals surface area contributed by atoms with Crippen LogP contribution in [0.5, 0.6) is 11.5 Å². The van der Waals surface area contributed by atoms with E-state index in [2.05, 4.69) is 15.4 Å². The van der Waals surface area contributed by atoms with Crippen molar-refractivity contribution < 1.29 is 23.8 Å². The molecule has 1 saturated heterocycles. The van der Waals surface area contributed by atoms with Crippen molar-refractivity contribution in [1.29, 1.82) is 0 Å². The van der Waals surface area contributed by atoms with Crippen LogP contribution in [0.1, 0.15) is 25.5 Å². The molecule has 11 nitrogen and oxygen atoms in total. The molecule has 1 fully saturated rings. The fraction of sp³-hybridized carbons (Fsp3) is 0.455. The maximum atomic E-state index is 12.5. The van der Waals surface area contributed by atoms with E-state index < -0.39 is 11.9 Å². The van der Waals surface area contributed by atoms with Crippen LogP contribution in [0, 0.1) is 0 Å². The molecule has 3 heterocycles. The lowest BCUT2D eigenvalue weighted by molar-refractivity contribution is -0.137. The number of allylic oxidation sites excluding steroid dienone is 1. The summed E-state index contributed by atoms with van der Waals surface area (Å²) >= 11 is 1.50. The topological polar surface area (TPSA) is 134 Å². The van der Waals surface area contributed by atoms with Gasteiger partial charge in [-0.1, -0.05) is 24.8 Å². The van der Waals surface area contributed by atoms with Gasteiger partial charge >= 0.3 is 0 Å². The molecule has 1 unspecified atom stereocenters. The summed E-state index contributed by atoms with van der Waals surface area (Å²) in [5.41, 5.74) is 7.46. The summed E-state index contributed by atoms with van der Waals surface area (Å²) in [7, 11) is 1.52. The number of benzene rings is 1. The van der Waals surface area contributed by atoms with Crippen LogP contribution in [-0.2, 0) is 14.3 Å². The van der Waals surface area contributed by atoms with Crippen molar-refractivity contribution in [2.45, 2.75) is 25.0 Å². The number of hydrogen-bond acceptors (Lipinski definition) is 9. The third kappa shape index (κ3) is 4.82. The molecular formula is C22H28N6O5S. The lowest BCUT2D eigenvalue weighted by Gasteiger charge is -2.28. The summed E-state index contributed by atoms with van der Waals surface area (Å²) in [6, 6.07) is 4.69. The van der Waals surface area contributed by atoms with Gasteiger partial charge < -0.3 is 30.2 Å². The monoisotopic (exact) mass is 488 g/mol. The Morgan fingerprint density at radius 1 is 1.29 bits per heavy atom. The molecule has 1 aromatic carbocycles. The zero-order chi connectivity index (χ0) is 24.2. The van der Waals surface area contributed by atoms with Crippen molar-refractivity contribution in [3.8, 4) is 11.5 Å². The summed E-state index contributed by atoms with van der Waals surface area (Å²) in [6.07, 6.45) is 0. The van der Waals surface area contributed by atoms with Gasteiger partial charge in [0.1, 0.15) is 6.04 Å². The number of carbonyl (C=O) groups is 2. The molecule has 0 radical (unpaired) electrons. The number of carbonyl (C=O) groups excluding carboxylic acids is 2. The molecule has 2 aliphatic heterocycles. The van der Waals surface area contributed by atoms with Crippen LogP contribution in [0.15, 0.2) is 34.6 Å². The first-order valence-electron chi connectivity index (χ1n) is 11.0. The summed E-state index contributed by atoms with van der Waals surface area (Å²) in [6.45, 7) is 5.84. The molecule has 2 amide bonds. The number of primary amides is 1. The maximum Gasteiger partial charge on any atom is 0.260 e. The van der Waals surface area contributed by atoms with Crippen LogP contribution in [0.25, 0.3) is 0 Å². The molecule has 12 heteroatoms. The highest BCUT2D eigenvalue weighted by atomic mass is 32.2. The van der Waals surface area contributed by atoms with Gasteiger partial charge in [0, 0.05) is 18.8 Å². The highest BCUT2D eigenvalue weighted by Gasteiger charge is 2.34. The number of fused-ring (bicyclic) bond motifs is 1. The normalized spacial score (nSPS) is 17.7. The number of morpholine rings is 1. The van der Waals surface area contributed by atoms with E-state index in [0.717, 1.165) is 11.3 Å². The first kappa shape index (κ1) is 23.9. The molecule has 0 bridgehead atoms. The standard InChI is InChI=1S/C22H28N6O5S/c1-4-34-22-25-21-24-13(2)18(20(23)30)19(28(21)26-22)14-5-6-15(16(11-14)31-3)33-12-17(29)27-7-9-32-10-8-27/h5-6,11,19H,4,7-10,12H2,1-3H3,(H2,23,30)(H,24,25,26). The van der Waals surface area contributed by atoms with Gasteiger partial charge in [-0.15, -0.1) is 5.10 Å². The molecule has 1 atom stereocenters. The summed E-state index contributed by atoms with van der Waals surface area (Å²) < 4.78 is 18.3. The Morgan fingerprint density at radius 2 is 2.06 bits per heavy atom. The van der Waals surface area contributed by atoms with Crippen molar-refractivity contribution in [2.75, 3.05) is 51.1 Å². The van der Waals surface area contributed by atoms with Crippen LogP contribution in [0.2, 0.25) is 0 Å². The number of amides is 2. The number of rotatable bonds is 8. The van der Waals surface area contributed by atoms with Gasteiger partial charge in [0.05, 0.1) is 25.9 Å². The van der Waals surface area contributed by atoms with Crippen LogP contribution >= 0.6 is 11.8 Å².